The van der Waals surface area contributed by atoms with Crippen molar-refractivity contribution in [2.45, 2.75) is 336 Å². The molecule has 0 bridgehead atoms. The van der Waals surface area contributed by atoms with Crippen LogP contribution >= 0.6 is 0 Å². The Bertz CT molecular complexity index is 1740. The van der Waals surface area contributed by atoms with Gasteiger partial charge in [-0.2, -0.15) is 0 Å². The van der Waals surface area contributed by atoms with Crippen LogP contribution in [0.25, 0.3) is 0 Å². The maximum absolute atomic E-state index is 13.4. The second-order valence-corrected chi connectivity index (χ2v) is 23.9. The Labute approximate surface area is 510 Å². The van der Waals surface area contributed by atoms with Crippen molar-refractivity contribution in [3.8, 4) is 0 Å². The van der Waals surface area contributed by atoms with Crippen LogP contribution in [-0.2, 0) is 33.2 Å². The van der Waals surface area contributed by atoms with Gasteiger partial charge in [0, 0.05) is 6.42 Å². The molecule has 3 fully saturated rings. The number of ether oxygens (including phenoxy) is 6. The summed E-state index contributed by atoms with van der Waals surface area (Å²) in [6.07, 6.45) is 29.6. The standard InChI is InChI=1S/C66H119NO18/c1-3-5-7-9-11-13-15-16-17-18-19-20-21-22-23-24-25-26-27-28-29-30-31-32-34-36-38-40-42-44-54(72)67-49(50(71)43-41-39-37-35-33-14-12-10-8-6-4-2)48-80-64-60(78)57(75)62(52(46-69)82-64)85-66-61(79)58(76)63(53(47-70)83-66)84-65-59(77)56(74)55(73)51(45-68)81-65/h15-16,18-19,21-22,41,43,49-53,55-66,68-71,73-79H,3-14,17,20,23-40,42,44-48H2,1-2H3,(H,67,72)/b16-15-,19-18-,22-21-,43-41+. The van der Waals surface area contributed by atoms with Gasteiger partial charge < -0.3 is 89.9 Å². The van der Waals surface area contributed by atoms with Gasteiger partial charge in [-0.3, -0.25) is 4.79 Å². The topological polar surface area (TPSA) is 307 Å². The summed E-state index contributed by atoms with van der Waals surface area (Å²) in [5.74, 6) is -0.278. The predicted octanol–water partition coefficient (Wildman–Crippen LogP) is 7.83. The summed E-state index contributed by atoms with van der Waals surface area (Å²) in [6, 6.07) is -0.972. The van der Waals surface area contributed by atoms with E-state index in [-0.39, 0.29) is 18.9 Å². The fourth-order valence-electron chi connectivity index (χ4n) is 11.1. The highest BCUT2D eigenvalue weighted by Crippen LogP contribution is 2.33. The number of aliphatic hydroxyl groups excluding tert-OH is 11. The summed E-state index contributed by atoms with van der Waals surface area (Å²) < 4.78 is 34.3. The minimum Gasteiger partial charge on any atom is -0.394 e. The lowest BCUT2D eigenvalue weighted by Crippen LogP contribution is -2.66. The molecule has 0 spiro atoms. The zero-order valence-electron chi connectivity index (χ0n) is 52.1. The summed E-state index contributed by atoms with van der Waals surface area (Å²) in [7, 11) is 0. The Hall–Kier alpha value is -2.25. The van der Waals surface area contributed by atoms with Crippen molar-refractivity contribution in [1.29, 1.82) is 0 Å². The average Bonchev–Trinajstić information content (AvgIpc) is 3.05. The van der Waals surface area contributed by atoms with Crippen LogP contribution in [0.5, 0.6) is 0 Å². The first-order valence-electron chi connectivity index (χ1n) is 33.4. The molecule has 0 aromatic rings. The third kappa shape index (κ3) is 31.4. The normalized spacial score (nSPS) is 29.3. The number of carbonyl (C=O) groups is 1. The first-order chi connectivity index (χ1) is 41.3. The second kappa shape index (κ2) is 48.6. The third-order valence-corrected chi connectivity index (χ3v) is 16.6. The van der Waals surface area contributed by atoms with Crippen LogP contribution in [0.15, 0.2) is 48.6 Å². The Morgan fingerprint density at radius 2 is 0.776 bits per heavy atom. The van der Waals surface area contributed by atoms with Crippen LogP contribution in [0.4, 0.5) is 0 Å². The van der Waals surface area contributed by atoms with Crippen LogP contribution in [-0.4, -0.2) is 193 Å². The van der Waals surface area contributed by atoms with E-state index in [0.29, 0.717) is 6.42 Å². The second-order valence-electron chi connectivity index (χ2n) is 23.9. The molecule has 19 nitrogen and oxygen atoms in total. The highest BCUT2D eigenvalue weighted by atomic mass is 16.8. The van der Waals surface area contributed by atoms with E-state index in [0.717, 1.165) is 57.8 Å². The molecule has 0 radical (unpaired) electrons. The highest BCUT2D eigenvalue weighted by molar-refractivity contribution is 5.76. The van der Waals surface area contributed by atoms with Gasteiger partial charge in [0.1, 0.15) is 73.2 Å². The molecule has 0 saturated carbocycles. The molecule has 3 saturated heterocycles. The highest BCUT2D eigenvalue weighted by Gasteiger charge is 2.53. The molecule has 17 unspecified atom stereocenters. The number of amides is 1. The number of allylic oxidation sites excluding steroid dienone is 7. The molecule has 3 rings (SSSR count). The van der Waals surface area contributed by atoms with Gasteiger partial charge in [-0.15, -0.1) is 0 Å². The summed E-state index contributed by atoms with van der Waals surface area (Å²) >= 11 is 0. The van der Waals surface area contributed by atoms with Crippen molar-refractivity contribution in [3.63, 3.8) is 0 Å². The molecule has 0 aromatic carbocycles. The van der Waals surface area contributed by atoms with Gasteiger partial charge in [0.15, 0.2) is 18.9 Å². The molecule has 1 amide bonds. The van der Waals surface area contributed by atoms with Gasteiger partial charge in [-0.1, -0.05) is 217 Å². The summed E-state index contributed by atoms with van der Waals surface area (Å²) in [4.78, 5) is 13.4. The van der Waals surface area contributed by atoms with Gasteiger partial charge in [-0.05, 0) is 57.8 Å². The molecule has 19 heteroatoms. The number of carbonyl (C=O) groups excluding carboxylic acids is 1. The molecule has 3 aliphatic rings. The number of hydrogen-bond acceptors (Lipinski definition) is 18. The van der Waals surface area contributed by atoms with Crippen LogP contribution in [0.2, 0.25) is 0 Å². The number of unbranched alkanes of at least 4 members (excludes halogenated alkanes) is 28. The maximum atomic E-state index is 13.4. The third-order valence-electron chi connectivity index (χ3n) is 16.6. The van der Waals surface area contributed by atoms with Crippen molar-refractivity contribution >= 4 is 5.91 Å². The molecule has 3 aliphatic heterocycles. The number of aliphatic hydroxyl groups is 11. The van der Waals surface area contributed by atoms with Gasteiger partial charge in [-0.25, -0.2) is 0 Å². The Morgan fingerprint density at radius 3 is 1.21 bits per heavy atom. The van der Waals surface area contributed by atoms with Gasteiger partial charge >= 0.3 is 0 Å². The van der Waals surface area contributed by atoms with Crippen LogP contribution < -0.4 is 5.32 Å². The lowest BCUT2D eigenvalue weighted by molar-refractivity contribution is -0.379. The van der Waals surface area contributed by atoms with E-state index in [1.165, 1.54) is 148 Å². The fourth-order valence-corrected chi connectivity index (χ4v) is 11.1. The molecule has 17 atom stereocenters. The number of rotatable bonds is 50. The first kappa shape index (κ1) is 77.0. The molecule has 0 aromatic heterocycles. The molecular formula is C66H119NO18. The smallest absolute Gasteiger partial charge is 0.220 e. The van der Waals surface area contributed by atoms with Crippen LogP contribution in [0, 0.1) is 0 Å². The zero-order chi connectivity index (χ0) is 61.9. The quantitative estimate of drug-likeness (QED) is 0.0204. The van der Waals surface area contributed by atoms with Gasteiger partial charge in [0.25, 0.3) is 0 Å². The largest absolute Gasteiger partial charge is 0.394 e. The molecule has 496 valence electrons. The fraction of sp³-hybridized carbons (Fsp3) is 0.864. The van der Waals surface area contributed by atoms with Crippen LogP contribution in [0.1, 0.15) is 232 Å². The lowest BCUT2D eigenvalue weighted by Gasteiger charge is -2.48. The number of hydrogen-bond donors (Lipinski definition) is 12. The summed E-state index contributed by atoms with van der Waals surface area (Å²) in [5.41, 5.74) is 0. The van der Waals surface area contributed by atoms with Crippen molar-refractivity contribution < 1.29 is 89.4 Å². The Kier molecular flexibility index (Phi) is 44.0. The van der Waals surface area contributed by atoms with E-state index in [9.17, 15) is 61.0 Å². The Morgan fingerprint density at radius 1 is 0.424 bits per heavy atom. The van der Waals surface area contributed by atoms with Crippen molar-refractivity contribution in [3.05, 3.63) is 48.6 Å². The van der Waals surface area contributed by atoms with Gasteiger partial charge in [0.05, 0.1) is 38.6 Å². The monoisotopic (exact) mass is 1210 g/mol. The molecular weight excluding hydrogens is 1090 g/mol. The predicted molar refractivity (Wildman–Crippen MR) is 328 cm³/mol. The minimum absolute atomic E-state index is 0.242. The number of nitrogens with one attached hydrogen (secondary N) is 1. The van der Waals surface area contributed by atoms with E-state index in [1.54, 1.807) is 6.08 Å². The molecule has 3 heterocycles. The lowest BCUT2D eigenvalue weighted by atomic mass is 9.96. The van der Waals surface area contributed by atoms with Crippen molar-refractivity contribution in [1.82, 2.24) is 5.32 Å². The van der Waals surface area contributed by atoms with Gasteiger partial charge in [0.2, 0.25) is 5.91 Å². The molecule has 0 aliphatic carbocycles. The molecule has 85 heavy (non-hydrogen) atoms. The van der Waals surface area contributed by atoms with Crippen LogP contribution in [0.3, 0.4) is 0 Å². The molecule has 12 N–H and O–H groups in total. The maximum Gasteiger partial charge on any atom is 0.220 e. The first-order valence-corrected chi connectivity index (χ1v) is 33.4. The average molecular weight is 1210 g/mol. The summed E-state index contributed by atoms with van der Waals surface area (Å²) in [5, 5.41) is 120. The SMILES string of the molecule is CCCCCCC/C=C\C/C=C\C/C=C\CCCCCCCCCCCCCCCCC(=O)NC(COC1OC(CO)C(OC2OC(CO)C(OC3OC(CO)C(O)C(O)C3O)C(O)C2O)C(O)C1O)C(O)/C=C/CCCCCCCCCCC. The van der Waals surface area contributed by atoms with E-state index < -0.39 is 124 Å². The van der Waals surface area contributed by atoms with E-state index in [2.05, 4.69) is 55.6 Å². The van der Waals surface area contributed by atoms with E-state index >= 15 is 0 Å². The van der Waals surface area contributed by atoms with E-state index in [1.807, 2.05) is 6.08 Å². The minimum atomic E-state index is -1.98. The summed E-state index contributed by atoms with van der Waals surface area (Å²) in [6.45, 7) is 1.69. The van der Waals surface area contributed by atoms with E-state index in [4.69, 9.17) is 28.4 Å². The zero-order valence-corrected chi connectivity index (χ0v) is 52.1. The van der Waals surface area contributed by atoms with Crippen molar-refractivity contribution in [2.24, 2.45) is 0 Å². The van der Waals surface area contributed by atoms with Crippen molar-refractivity contribution in [2.75, 3.05) is 26.4 Å². The Balaban J connectivity index is 1.39.